The molecule has 5 N–H and O–H groups in total. The topological polar surface area (TPSA) is 116 Å². The van der Waals surface area contributed by atoms with Gasteiger partial charge >= 0.3 is 0 Å². The van der Waals surface area contributed by atoms with Gasteiger partial charge in [-0.2, -0.15) is 0 Å². The number of H-pyrrole nitrogens is 1. The Balaban J connectivity index is 1.27. The minimum absolute atomic E-state index is 0.0674. The number of rotatable bonds is 7. The number of halogens is 2. The quantitative estimate of drug-likeness (QED) is 0.326. The van der Waals surface area contributed by atoms with Crippen LogP contribution in [0, 0.1) is 23.0 Å². The summed E-state index contributed by atoms with van der Waals surface area (Å²) in [6, 6.07) is 4.75. The second-order valence-electron chi connectivity index (χ2n) is 10.2. The van der Waals surface area contributed by atoms with Crippen molar-refractivity contribution in [2.24, 2.45) is 11.7 Å². The smallest absolute Gasteiger partial charge is 0.205 e. The van der Waals surface area contributed by atoms with E-state index in [1.165, 1.54) is 18.2 Å². The summed E-state index contributed by atoms with van der Waals surface area (Å²) in [6.07, 6.45) is 10.5. The number of pyridine rings is 1. The van der Waals surface area contributed by atoms with E-state index < -0.39 is 11.6 Å². The maximum absolute atomic E-state index is 14.8. The zero-order chi connectivity index (χ0) is 26.6. The summed E-state index contributed by atoms with van der Waals surface area (Å²) < 4.78 is 35.0. The lowest BCUT2D eigenvalue weighted by molar-refractivity contribution is 0.0852. The molecule has 4 heterocycles. The predicted molar refractivity (Wildman–Crippen MR) is 145 cm³/mol. The van der Waals surface area contributed by atoms with Gasteiger partial charge < -0.3 is 31.1 Å². The highest BCUT2D eigenvalue weighted by molar-refractivity contribution is 6.09. The number of anilines is 3. The minimum atomic E-state index is -0.732. The van der Waals surface area contributed by atoms with Gasteiger partial charge in [0, 0.05) is 38.5 Å². The van der Waals surface area contributed by atoms with Gasteiger partial charge in [-0.3, -0.25) is 4.98 Å². The molecule has 8 nitrogen and oxygen atoms in total. The summed E-state index contributed by atoms with van der Waals surface area (Å²) in [6.45, 7) is 5.04. The van der Waals surface area contributed by atoms with Crippen LogP contribution in [0.25, 0.3) is 6.08 Å². The number of aromatic nitrogens is 3. The first kappa shape index (κ1) is 26.0. The van der Waals surface area contributed by atoms with Gasteiger partial charge in [-0.05, 0) is 67.0 Å². The molecule has 2 aliphatic heterocycles. The first-order chi connectivity index (χ1) is 18.4. The lowest BCUT2D eigenvalue weighted by atomic mass is 9.90. The molecule has 0 saturated carbocycles. The predicted octanol–water partition coefficient (Wildman–Crippen LogP) is 4.98. The van der Waals surface area contributed by atoms with E-state index in [0.29, 0.717) is 36.3 Å². The maximum Gasteiger partial charge on any atom is 0.205 e. The molecule has 1 aromatic carbocycles. The van der Waals surface area contributed by atoms with Crippen molar-refractivity contribution in [3.05, 3.63) is 71.3 Å². The van der Waals surface area contributed by atoms with E-state index in [0.717, 1.165) is 43.7 Å². The number of nitrogens with one attached hydrogen (secondary N) is 3. The molecule has 10 heteroatoms. The number of nitrogens with two attached hydrogens (primary N) is 1. The fraction of sp³-hybridized carbons (Fsp3) is 0.393. The third-order valence-corrected chi connectivity index (χ3v) is 7.14. The standard InChI is InChI=1S/C28H33F2N7O/c1-17-10-20(31)16-37(15-17)26-4-7-33-14-25(26)36-28-34-13-21(35-28)2-3-24(32)27-22(29)11-19(12-23(27)30)18-5-8-38-9-6-18/h2-4,7,11-14,17-18,20,32H,5-6,8-10,15-16,31H2,1H3,(H2,34,35,36)/b3-2-,32-24?/t17-,20+/m1/s1. The number of hydrogen-bond acceptors (Lipinski definition) is 7. The van der Waals surface area contributed by atoms with Crippen LogP contribution in [-0.2, 0) is 4.74 Å². The summed E-state index contributed by atoms with van der Waals surface area (Å²) in [5, 5.41) is 11.5. The molecule has 2 fully saturated rings. The van der Waals surface area contributed by atoms with Gasteiger partial charge in [0.15, 0.2) is 0 Å². The summed E-state index contributed by atoms with van der Waals surface area (Å²) in [5.41, 5.74) is 8.62. The Morgan fingerprint density at radius 2 is 1.97 bits per heavy atom. The van der Waals surface area contributed by atoms with Crippen molar-refractivity contribution in [1.29, 1.82) is 5.41 Å². The fourth-order valence-corrected chi connectivity index (χ4v) is 5.34. The van der Waals surface area contributed by atoms with E-state index in [1.807, 2.05) is 6.07 Å². The molecule has 2 atom stereocenters. The number of benzene rings is 1. The van der Waals surface area contributed by atoms with E-state index in [9.17, 15) is 8.78 Å². The third-order valence-electron chi connectivity index (χ3n) is 7.14. The van der Waals surface area contributed by atoms with E-state index in [-0.39, 0.29) is 23.2 Å². The molecule has 5 rings (SSSR count). The van der Waals surface area contributed by atoms with Crippen LogP contribution in [0.1, 0.15) is 48.9 Å². The maximum atomic E-state index is 14.8. The number of nitrogens with zero attached hydrogens (tertiary/aromatic N) is 3. The van der Waals surface area contributed by atoms with Gasteiger partial charge in [0.1, 0.15) is 11.6 Å². The Bertz CT molecular complexity index is 1290. The Kier molecular flexibility index (Phi) is 7.80. The Labute approximate surface area is 220 Å². The molecule has 0 aliphatic carbocycles. The Morgan fingerprint density at radius 1 is 1.21 bits per heavy atom. The average Bonchev–Trinajstić information content (AvgIpc) is 3.34. The van der Waals surface area contributed by atoms with Gasteiger partial charge in [0.2, 0.25) is 5.95 Å². The second kappa shape index (κ2) is 11.4. The van der Waals surface area contributed by atoms with Crippen molar-refractivity contribution in [2.45, 2.75) is 38.1 Å². The molecule has 38 heavy (non-hydrogen) atoms. The van der Waals surface area contributed by atoms with E-state index in [4.69, 9.17) is 15.9 Å². The molecule has 0 radical (unpaired) electrons. The molecular formula is C28H33F2N7O. The van der Waals surface area contributed by atoms with Gasteiger partial charge in [-0.1, -0.05) is 6.92 Å². The van der Waals surface area contributed by atoms with Crippen molar-refractivity contribution in [1.82, 2.24) is 15.0 Å². The first-order valence-corrected chi connectivity index (χ1v) is 13.0. The lowest BCUT2D eigenvalue weighted by Gasteiger charge is -2.37. The fourth-order valence-electron chi connectivity index (χ4n) is 5.34. The Hall–Kier alpha value is -3.63. The van der Waals surface area contributed by atoms with Crippen molar-refractivity contribution in [2.75, 3.05) is 36.5 Å². The van der Waals surface area contributed by atoms with Crippen LogP contribution in [0.2, 0.25) is 0 Å². The van der Waals surface area contributed by atoms with Crippen LogP contribution in [-0.4, -0.2) is 53.0 Å². The second-order valence-corrected chi connectivity index (χ2v) is 10.2. The summed E-state index contributed by atoms with van der Waals surface area (Å²) in [5.74, 6) is -0.424. The summed E-state index contributed by atoms with van der Waals surface area (Å²) >= 11 is 0. The summed E-state index contributed by atoms with van der Waals surface area (Å²) in [4.78, 5) is 14.0. The normalized spacial score (nSPS) is 20.7. The SMILES string of the molecule is C[C@@H]1C[C@H](N)CN(c2ccncc2Nc2ncc(/C=C\C(=N)c3c(F)cc(C4CCOCC4)cc3F)[nH]2)C1. The van der Waals surface area contributed by atoms with Gasteiger partial charge in [-0.25, -0.2) is 13.8 Å². The van der Waals surface area contributed by atoms with Crippen LogP contribution in [0.3, 0.4) is 0 Å². The molecule has 0 spiro atoms. The zero-order valence-corrected chi connectivity index (χ0v) is 21.4. The van der Waals surface area contributed by atoms with E-state index in [2.05, 4.69) is 32.1 Å². The van der Waals surface area contributed by atoms with Crippen LogP contribution in [0.4, 0.5) is 26.1 Å². The molecule has 0 amide bonds. The monoisotopic (exact) mass is 521 g/mol. The van der Waals surface area contributed by atoms with Crippen LogP contribution in [0.5, 0.6) is 0 Å². The van der Waals surface area contributed by atoms with Crippen molar-refractivity contribution < 1.29 is 13.5 Å². The van der Waals surface area contributed by atoms with Crippen LogP contribution >= 0.6 is 0 Å². The zero-order valence-electron chi connectivity index (χ0n) is 21.4. The molecule has 2 aliphatic rings. The largest absolute Gasteiger partial charge is 0.381 e. The number of ether oxygens (including phenoxy) is 1. The summed E-state index contributed by atoms with van der Waals surface area (Å²) in [7, 11) is 0. The molecule has 2 saturated heterocycles. The van der Waals surface area contributed by atoms with Gasteiger partial charge in [0.25, 0.3) is 0 Å². The molecule has 2 aromatic heterocycles. The van der Waals surface area contributed by atoms with Crippen molar-refractivity contribution in [3.8, 4) is 0 Å². The van der Waals surface area contributed by atoms with Crippen LogP contribution < -0.4 is 16.0 Å². The Morgan fingerprint density at radius 3 is 2.71 bits per heavy atom. The number of aromatic amines is 1. The van der Waals surface area contributed by atoms with Crippen LogP contribution in [0.15, 0.2) is 42.9 Å². The van der Waals surface area contributed by atoms with E-state index >= 15 is 0 Å². The van der Waals surface area contributed by atoms with Gasteiger partial charge in [-0.15, -0.1) is 0 Å². The number of piperidine rings is 1. The number of imidazole rings is 1. The first-order valence-electron chi connectivity index (χ1n) is 13.0. The molecule has 3 aromatic rings. The average molecular weight is 522 g/mol. The molecule has 0 bridgehead atoms. The third kappa shape index (κ3) is 5.92. The number of hydrogen-bond donors (Lipinski definition) is 4. The highest BCUT2D eigenvalue weighted by Crippen LogP contribution is 2.31. The number of allylic oxidation sites excluding steroid dienone is 1. The lowest BCUT2D eigenvalue weighted by Crippen LogP contribution is -2.46. The highest BCUT2D eigenvalue weighted by atomic mass is 19.1. The van der Waals surface area contributed by atoms with Gasteiger partial charge in [0.05, 0.1) is 40.7 Å². The highest BCUT2D eigenvalue weighted by Gasteiger charge is 2.24. The minimum Gasteiger partial charge on any atom is -0.381 e. The molecule has 0 unspecified atom stereocenters. The van der Waals surface area contributed by atoms with Crippen molar-refractivity contribution in [3.63, 3.8) is 0 Å². The molecule has 200 valence electrons. The van der Waals surface area contributed by atoms with Crippen molar-refractivity contribution >= 4 is 29.1 Å². The van der Waals surface area contributed by atoms with E-state index in [1.54, 1.807) is 24.7 Å². The molecular weight excluding hydrogens is 488 g/mol.